The third kappa shape index (κ3) is 3.36. The molecular formula is C23H18N2O3S. The van der Waals surface area contributed by atoms with Crippen molar-refractivity contribution in [2.45, 2.75) is 25.9 Å². The summed E-state index contributed by atoms with van der Waals surface area (Å²) in [5.74, 6) is 0.324. The van der Waals surface area contributed by atoms with E-state index in [0.29, 0.717) is 10.8 Å². The highest BCUT2D eigenvalue weighted by Crippen LogP contribution is 2.40. The molecule has 1 atom stereocenters. The molecule has 0 N–H and O–H groups in total. The lowest BCUT2D eigenvalue weighted by Crippen LogP contribution is -2.08. The summed E-state index contributed by atoms with van der Waals surface area (Å²) in [6, 6.07) is 19.8. The fourth-order valence-electron chi connectivity index (χ4n) is 3.54. The van der Waals surface area contributed by atoms with E-state index < -0.39 is 6.10 Å². The number of ether oxygens (including phenoxy) is 1. The molecule has 0 radical (unpaired) electrons. The van der Waals surface area contributed by atoms with Gasteiger partial charge in [-0.2, -0.15) is 0 Å². The molecule has 0 fully saturated rings. The third-order valence-corrected chi connectivity index (χ3v) is 6.22. The van der Waals surface area contributed by atoms with E-state index in [-0.39, 0.29) is 11.9 Å². The summed E-state index contributed by atoms with van der Waals surface area (Å²) >= 11 is 1.48. The number of carbonyl (C=O) groups excluding carboxylic acids is 1. The van der Waals surface area contributed by atoms with Crippen molar-refractivity contribution in [2.24, 2.45) is 0 Å². The Kier molecular flexibility index (Phi) is 4.48. The Bertz CT molecular complexity index is 1180. The SMILES string of the molecule is C[C@H](OC(=O)c1cc2c(s1)-c1ccccc1CC2)c1nnc(-c2ccccc2)o1. The van der Waals surface area contributed by atoms with Crippen molar-refractivity contribution in [1.82, 2.24) is 10.2 Å². The van der Waals surface area contributed by atoms with Crippen molar-refractivity contribution >= 4 is 17.3 Å². The standard InChI is InChI=1S/C23H18N2O3S/c1-14(21-24-25-22(28-21)16-8-3-2-4-9-16)27-23(26)19-13-17-12-11-15-7-5-6-10-18(15)20(17)29-19/h2-10,13-14H,11-12H2,1H3/t14-/m0/s1. The Hall–Kier alpha value is -3.25. The van der Waals surface area contributed by atoms with Crippen LogP contribution in [0.25, 0.3) is 21.9 Å². The molecule has 1 aliphatic carbocycles. The van der Waals surface area contributed by atoms with Crippen LogP contribution in [-0.2, 0) is 17.6 Å². The zero-order chi connectivity index (χ0) is 19.8. The van der Waals surface area contributed by atoms with Crippen molar-refractivity contribution in [3.8, 4) is 21.9 Å². The number of thiophene rings is 1. The number of benzene rings is 2. The quantitative estimate of drug-likeness (QED) is 0.423. The van der Waals surface area contributed by atoms with E-state index in [1.807, 2.05) is 42.5 Å². The molecule has 0 unspecified atom stereocenters. The maximum atomic E-state index is 12.7. The topological polar surface area (TPSA) is 65.2 Å². The number of hydrogen-bond donors (Lipinski definition) is 0. The number of carbonyl (C=O) groups is 1. The maximum absolute atomic E-state index is 12.7. The van der Waals surface area contributed by atoms with Crippen molar-refractivity contribution in [1.29, 1.82) is 0 Å². The van der Waals surface area contributed by atoms with Crippen molar-refractivity contribution in [3.63, 3.8) is 0 Å². The van der Waals surface area contributed by atoms with Gasteiger partial charge in [0.2, 0.25) is 5.89 Å². The van der Waals surface area contributed by atoms with E-state index in [0.717, 1.165) is 23.3 Å². The van der Waals surface area contributed by atoms with Gasteiger partial charge in [0.1, 0.15) is 4.88 Å². The highest BCUT2D eigenvalue weighted by Gasteiger charge is 2.25. The second-order valence-electron chi connectivity index (χ2n) is 6.98. The second-order valence-corrected chi connectivity index (χ2v) is 8.03. The van der Waals surface area contributed by atoms with E-state index in [1.165, 1.54) is 28.0 Å². The van der Waals surface area contributed by atoms with Crippen LogP contribution in [0.1, 0.15) is 39.7 Å². The molecule has 144 valence electrons. The fraction of sp³-hybridized carbons (Fsp3) is 0.174. The van der Waals surface area contributed by atoms with Gasteiger partial charge in [-0.05, 0) is 54.7 Å². The minimum Gasteiger partial charge on any atom is -0.448 e. The molecule has 0 saturated carbocycles. The summed E-state index contributed by atoms with van der Waals surface area (Å²) in [5.41, 5.74) is 4.58. The highest BCUT2D eigenvalue weighted by atomic mass is 32.1. The average molecular weight is 402 g/mol. The van der Waals surface area contributed by atoms with Gasteiger partial charge in [-0.1, -0.05) is 42.5 Å². The molecule has 0 spiro atoms. The minimum absolute atomic E-state index is 0.281. The van der Waals surface area contributed by atoms with Gasteiger partial charge in [0.05, 0.1) is 0 Å². The van der Waals surface area contributed by atoms with Gasteiger partial charge in [0.25, 0.3) is 5.89 Å². The molecule has 2 aromatic heterocycles. The van der Waals surface area contributed by atoms with E-state index in [1.54, 1.807) is 6.92 Å². The number of aromatic nitrogens is 2. The first kappa shape index (κ1) is 17.8. The molecule has 6 heteroatoms. The van der Waals surface area contributed by atoms with Crippen molar-refractivity contribution in [2.75, 3.05) is 0 Å². The van der Waals surface area contributed by atoms with Crippen LogP contribution < -0.4 is 0 Å². The van der Waals surface area contributed by atoms with Crippen LogP contribution in [0.5, 0.6) is 0 Å². The highest BCUT2D eigenvalue weighted by molar-refractivity contribution is 7.17. The van der Waals surface area contributed by atoms with Gasteiger partial charge in [0, 0.05) is 10.4 Å². The molecule has 2 heterocycles. The van der Waals surface area contributed by atoms with Crippen molar-refractivity contribution in [3.05, 3.63) is 82.6 Å². The second kappa shape index (κ2) is 7.29. The number of esters is 1. The fourth-order valence-corrected chi connectivity index (χ4v) is 4.69. The lowest BCUT2D eigenvalue weighted by atomic mass is 9.91. The molecule has 0 amide bonds. The molecule has 5 rings (SSSR count). The number of rotatable bonds is 4. The number of fused-ring (bicyclic) bond motifs is 3. The predicted molar refractivity (Wildman–Crippen MR) is 111 cm³/mol. The Labute approximate surface area is 172 Å². The lowest BCUT2D eigenvalue weighted by Gasteiger charge is -2.15. The molecule has 29 heavy (non-hydrogen) atoms. The summed E-state index contributed by atoms with van der Waals surface area (Å²) in [4.78, 5) is 14.5. The van der Waals surface area contributed by atoms with E-state index in [4.69, 9.17) is 9.15 Å². The summed E-state index contributed by atoms with van der Waals surface area (Å²) in [6.45, 7) is 1.74. The van der Waals surface area contributed by atoms with Gasteiger partial charge in [-0.15, -0.1) is 21.5 Å². The van der Waals surface area contributed by atoms with E-state index in [9.17, 15) is 4.79 Å². The van der Waals surface area contributed by atoms with Gasteiger partial charge in [-0.25, -0.2) is 4.79 Å². The molecular weight excluding hydrogens is 384 g/mol. The van der Waals surface area contributed by atoms with Gasteiger partial charge in [0.15, 0.2) is 6.10 Å². The minimum atomic E-state index is -0.626. The number of hydrogen-bond acceptors (Lipinski definition) is 6. The summed E-state index contributed by atoms with van der Waals surface area (Å²) in [5, 5.41) is 8.10. The van der Waals surface area contributed by atoms with Crippen LogP contribution in [0.15, 0.2) is 65.1 Å². The van der Waals surface area contributed by atoms with Gasteiger partial charge in [-0.3, -0.25) is 0 Å². The van der Waals surface area contributed by atoms with Crippen molar-refractivity contribution < 1.29 is 13.9 Å². The van der Waals surface area contributed by atoms with E-state index >= 15 is 0 Å². The lowest BCUT2D eigenvalue weighted by molar-refractivity contribution is 0.0285. The number of nitrogens with zero attached hydrogens (tertiary/aromatic N) is 2. The number of aryl methyl sites for hydroxylation is 2. The first-order valence-electron chi connectivity index (χ1n) is 9.50. The normalized spacial score (nSPS) is 13.4. The molecule has 2 aromatic carbocycles. The average Bonchev–Trinajstić information content (AvgIpc) is 3.42. The van der Waals surface area contributed by atoms with Gasteiger partial charge < -0.3 is 9.15 Å². The molecule has 4 aromatic rings. The molecule has 1 aliphatic rings. The summed E-state index contributed by atoms with van der Waals surface area (Å²) in [6.07, 6.45) is 1.31. The van der Waals surface area contributed by atoms with Gasteiger partial charge >= 0.3 is 5.97 Å². The first-order chi connectivity index (χ1) is 14.2. The maximum Gasteiger partial charge on any atom is 0.349 e. The zero-order valence-electron chi connectivity index (χ0n) is 15.8. The monoisotopic (exact) mass is 402 g/mol. The predicted octanol–water partition coefficient (Wildman–Crippen LogP) is 5.48. The third-order valence-electron chi connectivity index (χ3n) is 5.03. The Morgan fingerprint density at radius 2 is 1.79 bits per heavy atom. The Balaban J connectivity index is 1.34. The smallest absolute Gasteiger partial charge is 0.349 e. The van der Waals surface area contributed by atoms with E-state index in [2.05, 4.69) is 28.4 Å². The summed E-state index contributed by atoms with van der Waals surface area (Å²) < 4.78 is 11.3. The van der Waals surface area contributed by atoms with Crippen LogP contribution in [0, 0.1) is 0 Å². The van der Waals surface area contributed by atoms with Crippen LogP contribution in [-0.4, -0.2) is 16.2 Å². The first-order valence-corrected chi connectivity index (χ1v) is 10.3. The van der Waals surface area contributed by atoms with Crippen LogP contribution in [0.2, 0.25) is 0 Å². The zero-order valence-corrected chi connectivity index (χ0v) is 16.6. The van der Waals surface area contributed by atoms with Crippen LogP contribution in [0.4, 0.5) is 0 Å². The van der Waals surface area contributed by atoms with Crippen LogP contribution >= 0.6 is 11.3 Å². The van der Waals surface area contributed by atoms with Crippen LogP contribution in [0.3, 0.4) is 0 Å². The molecule has 0 bridgehead atoms. The summed E-state index contributed by atoms with van der Waals surface area (Å²) in [7, 11) is 0. The Morgan fingerprint density at radius 1 is 1.03 bits per heavy atom. The largest absolute Gasteiger partial charge is 0.448 e. The molecule has 0 aliphatic heterocycles. The molecule has 0 saturated heterocycles. The molecule has 5 nitrogen and oxygen atoms in total. The Morgan fingerprint density at radius 3 is 2.66 bits per heavy atom.